The number of halogens is 6. The van der Waals surface area contributed by atoms with Crippen molar-refractivity contribution in [1.82, 2.24) is 0 Å². The second-order valence-electron chi connectivity index (χ2n) is 3.00. The maximum Gasteiger partial charge on any atom is 0.491 e. The van der Waals surface area contributed by atoms with Crippen molar-refractivity contribution in [2.45, 2.75) is 13.1 Å². The summed E-state index contributed by atoms with van der Waals surface area (Å²) in [5, 5.41) is 0. The van der Waals surface area contributed by atoms with E-state index in [1.54, 1.807) is 6.92 Å². The minimum absolute atomic E-state index is 0.195. The van der Waals surface area contributed by atoms with Gasteiger partial charge in [-0.15, -0.1) is 0 Å². The van der Waals surface area contributed by atoms with Crippen LogP contribution in [0.5, 0.6) is 5.75 Å². The average molecular weight is 441 g/mol. The van der Waals surface area contributed by atoms with Gasteiger partial charge in [-0.1, -0.05) is 0 Å². The van der Waals surface area contributed by atoms with Crippen LogP contribution in [0.2, 0.25) is 0 Å². The molecule has 0 aliphatic rings. The van der Waals surface area contributed by atoms with Gasteiger partial charge < -0.3 is 4.74 Å². The lowest BCUT2D eigenvalue weighted by Gasteiger charge is -2.12. The van der Waals surface area contributed by atoms with Crippen molar-refractivity contribution in [3.63, 3.8) is 0 Å². The van der Waals surface area contributed by atoms with Crippen LogP contribution in [-0.2, 0) is 4.79 Å². The Labute approximate surface area is 120 Å². The number of esters is 1. The number of rotatable bonds is 1. The van der Waals surface area contributed by atoms with Crippen LogP contribution >= 0.6 is 47.8 Å². The van der Waals surface area contributed by atoms with Gasteiger partial charge in [0.15, 0.2) is 0 Å². The van der Waals surface area contributed by atoms with E-state index in [-0.39, 0.29) is 10.2 Å². The first-order valence-corrected chi connectivity index (χ1v) is 6.45. The van der Waals surface area contributed by atoms with Crippen LogP contribution in [0.15, 0.2) is 19.5 Å². The molecule has 0 atom stereocenters. The number of hydrogen-bond acceptors (Lipinski definition) is 2. The summed E-state index contributed by atoms with van der Waals surface area (Å²) in [4.78, 5) is 10.7. The predicted octanol–water partition coefficient (Wildman–Crippen LogP) is 4.75. The van der Waals surface area contributed by atoms with Crippen LogP contribution in [0, 0.1) is 6.92 Å². The van der Waals surface area contributed by atoms with E-state index in [1.807, 2.05) is 0 Å². The van der Waals surface area contributed by atoms with Crippen LogP contribution < -0.4 is 4.74 Å². The van der Waals surface area contributed by atoms with Crippen molar-refractivity contribution >= 4 is 53.8 Å². The number of carbonyl (C=O) groups excluding carboxylic acids is 1. The molecule has 0 spiro atoms. The van der Waals surface area contributed by atoms with Crippen LogP contribution in [-0.4, -0.2) is 12.1 Å². The van der Waals surface area contributed by atoms with Crippen molar-refractivity contribution in [2.24, 2.45) is 0 Å². The zero-order valence-electron chi connectivity index (χ0n) is 8.16. The molecule has 8 heteroatoms. The Hall–Kier alpha value is -0.0800. The first kappa shape index (κ1) is 15.0. The van der Waals surface area contributed by atoms with Gasteiger partial charge in [-0.3, -0.25) is 0 Å². The van der Waals surface area contributed by atoms with Crippen molar-refractivity contribution in [3.8, 4) is 5.75 Å². The summed E-state index contributed by atoms with van der Waals surface area (Å²) in [5.74, 6) is -2.45. The molecule has 0 aliphatic carbocycles. The SMILES string of the molecule is Cc1c(Br)c(Br)cc(OC(=O)C(F)(F)F)c1Br. The third-order valence-electron chi connectivity index (χ3n) is 1.78. The van der Waals surface area contributed by atoms with Crippen molar-refractivity contribution < 1.29 is 22.7 Å². The summed E-state index contributed by atoms with van der Waals surface area (Å²) in [6.45, 7) is 1.66. The number of hydrogen-bond donors (Lipinski definition) is 0. The number of carbonyl (C=O) groups is 1. The molecule has 2 nitrogen and oxygen atoms in total. The Bertz CT molecular complexity index is 472. The van der Waals surface area contributed by atoms with E-state index in [0.29, 0.717) is 14.5 Å². The summed E-state index contributed by atoms with van der Waals surface area (Å²) >= 11 is 9.43. The standard InChI is InChI=1S/C9H4Br3F3O2/c1-3-6(11)4(10)2-5(7(3)12)17-8(16)9(13,14)15/h2H,1H3. The minimum atomic E-state index is -5.02. The molecule has 1 aromatic carbocycles. The first-order chi connectivity index (χ1) is 7.64. The average Bonchev–Trinajstić information content (AvgIpc) is 2.21. The molecular weight excluding hydrogens is 437 g/mol. The summed E-state index contributed by atoms with van der Waals surface area (Å²) < 4.78 is 41.8. The van der Waals surface area contributed by atoms with Gasteiger partial charge in [0.05, 0.1) is 4.47 Å². The van der Waals surface area contributed by atoms with E-state index in [4.69, 9.17) is 0 Å². The Morgan fingerprint density at radius 2 is 1.76 bits per heavy atom. The zero-order valence-corrected chi connectivity index (χ0v) is 12.9. The second kappa shape index (κ2) is 5.27. The molecule has 0 aliphatic heterocycles. The van der Waals surface area contributed by atoms with Gasteiger partial charge in [0.1, 0.15) is 5.75 Å². The Morgan fingerprint density at radius 3 is 2.24 bits per heavy atom. The molecule has 0 unspecified atom stereocenters. The largest absolute Gasteiger partial charge is 0.491 e. The smallest absolute Gasteiger partial charge is 0.419 e. The summed E-state index contributed by atoms with van der Waals surface area (Å²) in [6.07, 6.45) is -5.02. The molecule has 94 valence electrons. The maximum atomic E-state index is 12.0. The molecule has 0 radical (unpaired) electrons. The van der Waals surface area contributed by atoms with Crippen LogP contribution in [0.1, 0.15) is 5.56 Å². The van der Waals surface area contributed by atoms with Crippen molar-refractivity contribution in [1.29, 1.82) is 0 Å². The van der Waals surface area contributed by atoms with E-state index in [0.717, 1.165) is 0 Å². The van der Waals surface area contributed by atoms with Gasteiger partial charge in [0.25, 0.3) is 0 Å². The highest BCUT2D eigenvalue weighted by molar-refractivity contribution is 9.13. The second-order valence-corrected chi connectivity index (χ2v) is 5.44. The van der Waals surface area contributed by atoms with Crippen LogP contribution in [0.4, 0.5) is 13.2 Å². The lowest BCUT2D eigenvalue weighted by atomic mass is 10.2. The maximum absolute atomic E-state index is 12.0. The fourth-order valence-electron chi connectivity index (χ4n) is 0.934. The number of benzene rings is 1. The third kappa shape index (κ3) is 3.45. The normalized spacial score (nSPS) is 11.5. The van der Waals surface area contributed by atoms with E-state index in [2.05, 4.69) is 52.5 Å². The zero-order chi connectivity index (χ0) is 13.4. The highest BCUT2D eigenvalue weighted by Crippen LogP contribution is 2.39. The summed E-state index contributed by atoms with van der Waals surface area (Å²) in [7, 11) is 0. The number of ether oxygens (including phenoxy) is 1. The molecule has 17 heavy (non-hydrogen) atoms. The lowest BCUT2D eigenvalue weighted by molar-refractivity contribution is -0.189. The molecule has 0 N–H and O–H groups in total. The topological polar surface area (TPSA) is 26.3 Å². The lowest BCUT2D eigenvalue weighted by Crippen LogP contribution is -2.28. The highest BCUT2D eigenvalue weighted by Gasteiger charge is 2.41. The highest BCUT2D eigenvalue weighted by atomic mass is 79.9. The Kier molecular flexibility index (Phi) is 4.65. The fraction of sp³-hybridized carbons (Fsp3) is 0.222. The molecular formula is C9H4Br3F3O2. The molecule has 0 saturated carbocycles. The molecule has 1 rings (SSSR count). The Morgan fingerprint density at radius 1 is 1.24 bits per heavy atom. The van der Waals surface area contributed by atoms with Gasteiger partial charge in [0.2, 0.25) is 0 Å². The molecule has 1 aromatic rings. The first-order valence-electron chi connectivity index (χ1n) is 4.07. The van der Waals surface area contributed by atoms with E-state index in [9.17, 15) is 18.0 Å². The molecule has 0 amide bonds. The summed E-state index contributed by atoms with van der Waals surface area (Å²) in [5.41, 5.74) is 0.615. The van der Waals surface area contributed by atoms with Gasteiger partial charge in [0, 0.05) is 8.95 Å². The summed E-state index contributed by atoms with van der Waals surface area (Å²) in [6, 6.07) is 1.27. The minimum Gasteiger partial charge on any atom is -0.419 e. The van der Waals surface area contributed by atoms with Gasteiger partial charge in [-0.2, -0.15) is 13.2 Å². The van der Waals surface area contributed by atoms with Gasteiger partial charge >= 0.3 is 12.1 Å². The van der Waals surface area contributed by atoms with Crippen molar-refractivity contribution in [3.05, 3.63) is 25.0 Å². The van der Waals surface area contributed by atoms with Gasteiger partial charge in [-0.25, -0.2) is 4.79 Å². The molecule has 0 aromatic heterocycles. The van der Waals surface area contributed by atoms with Crippen LogP contribution in [0.25, 0.3) is 0 Å². The van der Waals surface area contributed by atoms with Gasteiger partial charge in [-0.05, 0) is 66.3 Å². The fourth-order valence-corrected chi connectivity index (χ4v) is 2.41. The third-order valence-corrected chi connectivity index (χ3v) is 4.94. The van der Waals surface area contributed by atoms with E-state index in [1.165, 1.54) is 6.07 Å². The Balaban J connectivity index is 3.13. The quantitative estimate of drug-likeness (QED) is 0.358. The van der Waals surface area contributed by atoms with Crippen molar-refractivity contribution in [2.75, 3.05) is 0 Å². The molecule has 0 bridgehead atoms. The molecule has 0 heterocycles. The van der Waals surface area contributed by atoms with E-state index >= 15 is 0 Å². The molecule has 0 fully saturated rings. The number of alkyl halides is 3. The van der Waals surface area contributed by atoms with E-state index < -0.39 is 12.1 Å². The monoisotopic (exact) mass is 438 g/mol. The predicted molar refractivity (Wildman–Crippen MR) is 66.0 cm³/mol. The molecule has 0 saturated heterocycles. The van der Waals surface area contributed by atoms with Crippen LogP contribution in [0.3, 0.4) is 0 Å².